The second-order valence-corrected chi connectivity index (χ2v) is 5.57. The Morgan fingerprint density at radius 1 is 1.15 bits per heavy atom. The molecular formula is C17H21FN2. The van der Waals surface area contributed by atoms with Gasteiger partial charge in [0, 0.05) is 18.1 Å². The third-order valence-electron chi connectivity index (χ3n) is 3.67. The molecule has 0 aliphatic heterocycles. The maximum absolute atomic E-state index is 13.6. The summed E-state index contributed by atoms with van der Waals surface area (Å²) in [6, 6.07) is 5.99. The smallest absolute Gasteiger partial charge is 0.144 e. The number of pyridine rings is 2. The van der Waals surface area contributed by atoms with Crippen LogP contribution in [0.3, 0.4) is 0 Å². The van der Waals surface area contributed by atoms with Crippen LogP contribution in [-0.2, 0) is 6.42 Å². The van der Waals surface area contributed by atoms with Gasteiger partial charge < -0.3 is 0 Å². The van der Waals surface area contributed by atoms with Crippen LogP contribution < -0.4 is 0 Å². The molecule has 2 heterocycles. The van der Waals surface area contributed by atoms with Gasteiger partial charge in [-0.05, 0) is 54.0 Å². The molecule has 2 nitrogen and oxygen atoms in total. The first-order valence-corrected chi connectivity index (χ1v) is 7.12. The van der Waals surface area contributed by atoms with E-state index in [0.29, 0.717) is 5.92 Å². The van der Waals surface area contributed by atoms with E-state index < -0.39 is 0 Å². The summed E-state index contributed by atoms with van der Waals surface area (Å²) in [6.07, 6.45) is 6.85. The number of nitrogens with zero attached hydrogens (tertiary/aromatic N) is 2. The third kappa shape index (κ3) is 3.62. The van der Waals surface area contributed by atoms with Crippen LogP contribution in [0.4, 0.5) is 4.39 Å². The minimum atomic E-state index is -0.203. The van der Waals surface area contributed by atoms with E-state index in [4.69, 9.17) is 0 Å². The fraction of sp³-hybridized carbons (Fsp3) is 0.412. The van der Waals surface area contributed by atoms with Crippen LogP contribution >= 0.6 is 0 Å². The minimum Gasteiger partial charge on any atom is -0.265 e. The molecule has 2 aromatic heterocycles. The molecule has 0 bridgehead atoms. The Hall–Kier alpha value is -1.77. The zero-order valence-corrected chi connectivity index (χ0v) is 12.3. The number of hydrogen-bond donors (Lipinski definition) is 0. The van der Waals surface area contributed by atoms with E-state index >= 15 is 0 Å². The predicted octanol–water partition coefficient (Wildman–Crippen LogP) is 4.48. The molecule has 0 saturated carbocycles. The molecule has 2 aromatic rings. The zero-order valence-electron chi connectivity index (χ0n) is 12.3. The van der Waals surface area contributed by atoms with Gasteiger partial charge in [0.25, 0.3) is 0 Å². The quantitative estimate of drug-likeness (QED) is 0.802. The van der Waals surface area contributed by atoms with Gasteiger partial charge >= 0.3 is 0 Å². The lowest BCUT2D eigenvalue weighted by atomic mass is 9.95. The van der Waals surface area contributed by atoms with Crippen LogP contribution in [0.1, 0.15) is 55.8 Å². The van der Waals surface area contributed by atoms with E-state index in [9.17, 15) is 4.39 Å². The molecule has 1 atom stereocenters. The Morgan fingerprint density at radius 3 is 2.50 bits per heavy atom. The average molecular weight is 272 g/mol. The number of aromatic nitrogens is 2. The molecule has 0 aliphatic rings. The predicted molar refractivity (Wildman–Crippen MR) is 79.3 cm³/mol. The van der Waals surface area contributed by atoms with Crippen molar-refractivity contribution in [3.8, 4) is 0 Å². The summed E-state index contributed by atoms with van der Waals surface area (Å²) < 4.78 is 13.6. The molecular weight excluding hydrogens is 251 g/mol. The van der Waals surface area contributed by atoms with Crippen molar-refractivity contribution in [2.75, 3.05) is 0 Å². The SMILES string of the molecule is CC(C)c1cc(CCC(C)c2ccncc2)ncc1F. The molecule has 0 N–H and O–H groups in total. The van der Waals surface area contributed by atoms with Crippen LogP contribution in [0.2, 0.25) is 0 Å². The number of halogens is 1. The molecule has 3 heteroatoms. The van der Waals surface area contributed by atoms with Crippen molar-refractivity contribution in [2.24, 2.45) is 0 Å². The van der Waals surface area contributed by atoms with Crippen molar-refractivity contribution in [3.05, 3.63) is 59.4 Å². The number of hydrogen-bond acceptors (Lipinski definition) is 2. The normalized spacial score (nSPS) is 12.7. The first-order chi connectivity index (χ1) is 9.58. The van der Waals surface area contributed by atoms with Crippen molar-refractivity contribution in [3.63, 3.8) is 0 Å². The van der Waals surface area contributed by atoms with E-state index in [1.807, 2.05) is 44.4 Å². The molecule has 106 valence electrons. The molecule has 0 fully saturated rings. The fourth-order valence-electron chi connectivity index (χ4n) is 2.30. The van der Waals surface area contributed by atoms with Crippen LogP contribution in [0, 0.1) is 5.82 Å². The minimum absolute atomic E-state index is 0.189. The molecule has 1 unspecified atom stereocenters. The maximum atomic E-state index is 13.6. The van der Waals surface area contributed by atoms with Crippen LogP contribution in [0.15, 0.2) is 36.8 Å². The Kier molecular flexibility index (Phi) is 4.83. The van der Waals surface area contributed by atoms with Gasteiger partial charge in [0.05, 0.1) is 6.20 Å². The van der Waals surface area contributed by atoms with Crippen LogP contribution in [0.25, 0.3) is 0 Å². The molecule has 20 heavy (non-hydrogen) atoms. The average Bonchev–Trinajstić information content (AvgIpc) is 2.46. The van der Waals surface area contributed by atoms with Gasteiger partial charge in [0.15, 0.2) is 0 Å². The van der Waals surface area contributed by atoms with E-state index in [0.717, 1.165) is 24.1 Å². The topological polar surface area (TPSA) is 25.8 Å². The second kappa shape index (κ2) is 6.60. The Morgan fingerprint density at radius 2 is 1.85 bits per heavy atom. The fourth-order valence-corrected chi connectivity index (χ4v) is 2.30. The van der Waals surface area contributed by atoms with Gasteiger partial charge in [-0.25, -0.2) is 4.39 Å². The zero-order chi connectivity index (χ0) is 14.5. The second-order valence-electron chi connectivity index (χ2n) is 5.57. The number of rotatable bonds is 5. The molecule has 0 amide bonds. The van der Waals surface area contributed by atoms with Gasteiger partial charge in [0.2, 0.25) is 0 Å². The van der Waals surface area contributed by atoms with Crippen molar-refractivity contribution in [2.45, 2.75) is 45.4 Å². The van der Waals surface area contributed by atoms with Crippen molar-refractivity contribution >= 4 is 0 Å². The lowest BCUT2D eigenvalue weighted by Gasteiger charge is -2.12. The summed E-state index contributed by atoms with van der Waals surface area (Å²) >= 11 is 0. The summed E-state index contributed by atoms with van der Waals surface area (Å²) in [6.45, 7) is 6.20. The van der Waals surface area contributed by atoms with Gasteiger partial charge in [0.1, 0.15) is 5.82 Å². The molecule has 0 spiro atoms. The van der Waals surface area contributed by atoms with E-state index in [-0.39, 0.29) is 11.7 Å². The van der Waals surface area contributed by atoms with Crippen LogP contribution in [-0.4, -0.2) is 9.97 Å². The molecule has 2 rings (SSSR count). The van der Waals surface area contributed by atoms with Crippen LogP contribution in [0.5, 0.6) is 0 Å². The molecule has 0 aliphatic carbocycles. The first kappa shape index (κ1) is 14.6. The monoisotopic (exact) mass is 272 g/mol. The van der Waals surface area contributed by atoms with E-state index in [1.165, 1.54) is 11.8 Å². The Balaban J connectivity index is 2.02. The highest BCUT2D eigenvalue weighted by Gasteiger charge is 2.10. The van der Waals surface area contributed by atoms with E-state index in [1.54, 1.807) is 0 Å². The third-order valence-corrected chi connectivity index (χ3v) is 3.67. The highest BCUT2D eigenvalue weighted by Crippen LogP contribution is 2.22. The molecule has 0 aromatic carbocycles. The van der Waals surface area contributed by atoms with Gasteiger partial charge in [-0.2, -0.15) is 0 Å². The number of aryl methyl sites for hydroxylation is 1. The van der Waals surface area contributed by atoms with Gasteiger partial charge in [-0.15, -0.1) is 0 Å². The molecule has 0 radical (unpaired) electrons. The highest BCUT2D eigenvalue weighted by atomic mass is 19.1. The lowest BCUT2D eigenvalue weighted by Crippen LogP contribution is -2.01. The first-order valence-electron chi connectivity index (χ1n) is 7.12. The summed E-state index contributed by atoms with van der Waals surface area (Å²) in [5.74, 6) is 0.438. The van der Waals surface area contributed by atoms with E-state index in [2.05, 4.69) is 16.9 Å². The van der Waals surface area contributed by atoms with Crippen molar-refractivity contribution in [1.82, 2.24) is 9.97 Å². The maximum Gasteiger partial charge on any atom is 0.144 e. The van der Waals surface area contributed by atoms with Gasteiger partial charge in [-0.1, -0.05) is 20.8 Å². The highest BCUT2D eigenvalue weighted by molar-refractivity contribution is 5.22. The molecule has 0 saturated heterocycles. The Labute approximate surface area is 120 Å². The van der Waals surface area contributed by atoms with Gasteiger partial charge in [-0.3, -0.25) is 9.97 Å². The summed E-state index contributed by atoms with van der Waals surface area (Å²) in [5.41, 5.74) is 3.01. The summed E-state index contributed by atoms with van der Waals surface area (Å²) in [5, 5.41) is 0. The van der Waals surface area contributed by atoms with Crippen molar-refractivity contribution < 1.29 is 4.39 Å². The summed E-state index contributed by atoms with van der Waals surface area (Å²) in [4.78, 5) is 8.23. The lowest BCUT2D eigenvalue weighted by molar-refractivity contribution is 0.586. The Bertz CT molecular complexity index is 552. The summed E-state index contributed by atoms with van der Waals surface area (Å²) in [7, 11) is 0. The largest absolute Gasteiger partial charge is 0.265 e. The standard InChI is InChI=1S/C17H21FN2/c1-12(2)16-10-15(20-11-17(16)18)5-4-13(3)14-6-8-19-9-7-14/h6-13H,4-5H2,1-3H3. The van der Waals surface area contributed by atoms with Crippen molar-refractivity contribution in [1.29, 1.82) is 0 Å².